The van der Waals surface area contributed by atoms with Crippen molar-refractivity contribution in [1.82, 2.24) is 20.0 Å². The molecule has 4 heterocycles. The molecule has 41 heavy (non-hydrogen) atoms. The van der Waals surface area contributed by atoms with Gasteiger partial charge in [0.05, 0.1) is 36.6 Å². The van der Waals surface area contributed by atoms with E-state index < -0.39 is 0 Å². The molecule has 2 aliphatic heterocycles. The molecule has 212 valence electrons. The number of hydrogen-bond acceptors (Lipinski definition) is 8. The molecule has 2 aromatic heterocycles. The summed E-state index contributed by atoms with van der Waals surface area (Å²) in [5.74, 6) is 1.58. The first-order valence-corrected chi connectivity index (χ1v) is 14.5. The van der Waals surface area contributed by atoms with E-state index in [1.54, 1.807) is 0 Å². The summed E-state index contributed by atoms with van der Waals surface area (Å²) in [5, 5.41) is 14.9. The normalized spacial score (nSPS) is 20.9. The molecule has 1 amide bonds. The van der Waals surface area contributed by atoms with Crippen LogP contribution in [0.15, 0.2) is 53.1 Å². The number of fused-ring (bicyclic) bond motifs is 1. The van der Waals surface area contributed by atoms with Crippen molar-refractivity contribution in [3.05, 3.63) is 71.4 Å². The Morgan fingerprint density at radius 3 is 2.51 bits per heavy atom. The Balaban J connectivity index is 1.31. The smallest absolute Gasteiger partial charge is 0.291 e. The van der Waals surface area contributed by atoms with Crippen LogP contribution in [0, 0.1) is 19.3 Å². The molecule has 9 heteroatoms. The Hall–Kier alpha value is -3.82. The lowest BCUT2D eigenvalue weighted by atomic mass is 9.61. The second-order valence-corrected chi connectivity index (χ2v) is 11.9. The van der Waals surface area contributed by atoms with Crippen LogP contribution in [0.2, 0.25) is 0 Å². The highest BCUT2D eigenvalue weighted by molar-refractivity contribution is 5.98. The number of ether oxygens (including phenoxy) is 1. The minimum atomic E-state index is -0.190. The van der Waals surface area contributed by atoms with Gasteiger partial charge >= 0.3 is 0 Å². The number of aliphatic hydroxyl groups excluding tert-OH is 1. The second-order valence-electron chi connectivity index (χ2n) is 11.9. The molecule has 2 saturated heterocycles. The SMILES string of the molecule is Cc1noc(C)c1-c1ccc2nc(C(=O)N3CCC4(CC3)CC(O)C4)nc(N3CCOC[C@@H]3c3ccccc3)c2c1. The minimum Gasteiger partial charge on any atom is -0.393 e. The van der Waals surface area contributed by atoms with Gasteiger partial charge in [0.15, 0.2) is 0 Å². The minimum absolute atomic E-state index is 0.0476. The van der Waals surface area contributed by atoms with Crippen LogP contribution in [0.1, 0.15) is 59.4 Å². The Kier molecular flexibility index (Phi) is 6.51. The van der Waals surface area contributed by atoms with Crippen molar-refractivity contribution in [3.63, 3.8) is 0 Å². The summed E-state index contributed by atoms with van der Waals surface area (Å²) in [4.78, 5) is 27.8. The molecule has 3 fully saturated rings. The summed E-state index contributed by atoms with van der Waals surface area (Å²) >= 11 is 0. The number of morpholine rings is 1. The molecule has 3 aliphatic rings. The summed E-state index contributed by atoms with van der Waals surface area (Å²) in [5.41, 5.74) is 4.82. The van der Waals surface area contributed by atoms with Crippen molar-refractivity contribution in [2.75, 3.05) is 37.7 Å². The molecule has 1 N–H and O–H groups in total. The average Bonchev–Trinajstić information content (AvgIpc) is 3.33. The molecule has 0 radical (unpaired) electrons. The van der Waals surface area contributed by atoms with E-state index in [0.29, 0.717) is 32.8 Å². The number of anilines is 1. The van der Waals surface area contributed by atoms with Crippen molar-refractivity contribution in [2.24, 2.45) is 5.41 Å². The topological polar surface area (TPSA) is 105 Å². The van der Waals surface area contributed by atoms with Gasteiger partial charge in [-0.1, -0.05) is 41.6 Å². The highest BCUT2D eigenvalue weighted by Gasteiger charge is 2.46. The van der Waals surface area contributed by atoms with Crippen LogP contribution in [0.5, 0.6) is 0 Å². The van der Waals surface area contributed by atoms with Crippen LogP contribution < -0.4 is 4.90 Å². The number of benzene rings is 2. The third-order valence-electron chi connectivity index (χ3n) is 9.22. The lowest BCUT2D eigenvalue weighted by Crippen LogP contribution is -2.50. The number of likely N-dealkylation sites (tertiary alicyclic amines) is 1. The number of nitrogens with zero attached hydrogens (tertiary/aromatic N) is 5. The van der Waals surface area contributed by atoms with Gasteiger partial charge in [0.25, 0.3) is 5.91 Å². The van der Waals surface area contributed by atoms with E-state index in [1.165, 1.54) is 0 Å². The first kappa shape index (κ1) is 26.1. The molecule has 1 aliphatic carbocycles. The van der Waals surface area contributed by atoms with Crippen molar-refractivity contribution in [3.8, 4) is 11.1 Å². The van der Waals surface area contributed by atoms with Gasteiger partial charge in [-0.15, -0.1) is 0 Å². The first-order valence-electron chi connectivity index (χ1n) is 14.5. The number of amides is 1. The number of aryl methyl sites for hydroxylation is 2. The summed E-state index contributed by atoms with van der Waals surface area (Å²) < 4.78 is 11.4. The summed E-state index contributed by atoms with van der Waals surface area (Å²) in [7, 11) is 0. The lowest BCUT2D eigenvalue weighted by Gasteiger charge is -2.50. The number of carbonyl (C=O) groups excluding carboxylic acids is 1. The van der Waals surface area contributed by atoms with E-state index >= 15 is 0 Å². The molecule has 1 atom stereocenters. The number of piperidine rings is 1. The highest BCUT2D eigenvalue weighted by atomic mass is 16.5. The Labute approximate surface area is 239 Å². The van der Waals surface area contributed by atoms with Gasteiger partial charge in [0.2, 0.25) is 5.82 Å². The van der Waals surface area contributed by atoms with Gasteiger partial charge in [-0.3, -0.25) is 4.79 Å². The molecule has 1 saturated carbocycles. The highest BCUT2D eigenvalue weighted by Crippen LogP contribution is 2.49. The number of rotatable bonds is 4. The largest absolute Gasteiger partial charge is 0.393 e. The van der Waals surface area contributed by atoms with Crippen LogP contribution in [-0.4, -0.2) is 70.0 Å². The van der Waals surface area contributed by atoms with E-state index in [0.717, 1.165) is 70.5 Å². The quantitative estimate of drug-likeness (QED) is 0.382. The van der Waals surface area contributed by atoms with Crippen molar-refractivity contribution < 1.29 is 19.2 Å². The van der Waals surface area contributed by atoms with E-state index in [-0.39, 0.29) is 29.3 Å². The molecule has 9 nitrogen and oxygen atoms in total. The fourth-order valence-electron chi connectivity index (χ4n) is 6.96. The van der Waals surface area contributed by atoms with Crippen LogP contribution in [0.4, 0.5) is 5.82 Å². The van der Waals surface area contributed by atoms with E-state index in [1.807, 2.05) is 49.1 Å². The molecule has 1 spiro atoms. The maximum Gasteiger partial charge on any atom is 0.291 e. The zero-order valence-electron chi connectivity index (χ0n) is 23.5. The predicted octanol–water partition coefficient (Wildman–Crippen LogP) is 4.86. The van der Waals surface area contributed by atoms with E-state index in [9.17, 15) is 9.90 Å². The maximum absolute atomic E-state index is 13.8. The van der Waals surface area contributed by atoms with Gasteiger partial charge in [0, 0.05) is 30.6 Å². The summed E-state index contributed by atoms with van der Waals surface area (Å²) in [6, 6.07) is 16.3. The molecule has 2 aromatic carbocycles. The van der Waals surface area contributed by atoms with Gasteiger partial charge in [-0.25, -0.2) is 9.97 Å². The van der Waals surface area contributed by atoms with Crippen LogP contribution >= 0.6 is 0 Å². The Bertz CT molecular complexity index is 1570. The predicted molar refractivity (Wildman–Crippen MR) is 155 cm³/mol. The van der Waals surface area contributed by atoms with Gasteiger partial charge < -0.3 is 24.2 Å². The van der Waals surface area contributed by atoms with E-state index in [2.05, 4.69) is 28.3 Å². The number of hydrogen-bond donors (Lipinski definition) is 1. The Morgan fingerprint density at radius 2 is 1.80 bits per heavy atom. The standard InChI is InChI=1S/C32H35N5O4/c1-20-28(21(2)41-35-20)23-8-9-26-25(16-23)30(37-14-15-40-19-27(37)22-6-4-3-5-7-22)34-29(33-26)31(39)36-12-10-32(11-13-36)17-24(38)18-32/h3-9,16,24,27,38H,10-15,17-19H2,1-2H3/t27-/m1/s1. The summed E-state index contributed by atoms with van der Waals surface area (Å²) in [6.45, 7) is 6.93. The van der Waals surface area contributed by atoms with Crippen molar-refractivity contribution in [2.45, 2.75) is 51.7 Å². The number of aliphatic hydroxyl groups is 1. The third-order valence-corrected chi connectivity index (χ3v) is 9.22. The molecular formula is C32H35N5O4. The molecule has 0 unspecified atom stereocenters. The zero-order chi connectivity index (χ0) is 28.1. The molecule has 7 rings (SSSR count). The molecule has 4 aromatic rings. The van der Waals surface area contributed by atoms with Crippen molar-refractivity contribution in [1.29, 1.82) is 0 Å². The van der Waals surface area contributed by atoms with Crippen LogP contribution in [0.3, 0.4) is 0 Å². The zero-order valence-corrected chi connectivity index (χ0v) is 23.5. The monoisotopic (exact) mass is 553 g/mol. The second kappa shape index (κ2) is 10.2. The first-order chi connectivity index (χ1) is 19.9. The third kappa shape index (κ3) is 4.67. The fraction of sp³-hybridized carbons (Fsp3) is 0.438. The fourth-order valence-corrected chi connectivity index (χ4v) is 6.96. The molecular weight excluding hydrogens is 518 g/mol. The Morgan fingerprint density at radius 1 is 1.02 bits per heavy atom. The number of aromatic nitrogens is 3. The van der Waals surface area contributed by atoms with Gasteiger partial charge in [-0.05, 0) is 68.2 Å². The lowest BCUT2D eigenvalue weighted by molar-refractivity contribution is -0.0638. The number of carbonyl (C=O) groups is 1. The van der Waals surface area contributed by atoms with Crippen LogP contribution in [0.25, 0.3) is 22.0 Å². The average molecular weight is 554 g/mol. The van der Waals surface area contributed by atoms with Gasteiger partial charge in [-0.2, -0.15) is 0 Å². The van der Waals surface area contributed by atoms with Crippen LogP contribution in [-0.2, 0) is 4.74 Å². The van der Waals surface area contributed by atoms with Gasteiger partial charge in [0.1, 0.15) is 11.6 Å². The van der Waals surface area contributed by atoms with Crippen molar-refractivity contribution >= 4 is 22.6 Å². The van der Waals surface area contributed by atoms with E-state index in [4.69, 9.17) is 19.2 Å². The summed E-state index contributed by atoms with van der Waals surface area (Å²) in [6.07, 6.45) is 3.33. The molecule has 0 bridgehead atoms. The maximum atomic E-state index is 13.8.